The number of nitrogens with zero attached hydrogens (tertiary/aromatic N) is 1. The smallest absolute Gasteiger partial charge is 0.220 e. The van der Waals surface area contributed by atoms with Gasteiger partial charge in [0.15, 0.2) is 0 Å². The Balaban J connectivity index is 1.80. The third-order valence-corrected chi connectivity index (χ3v) is 3.87. The second-order valence-electron chi connectivity index (χ2n) is 6.35. The lowest BCUT2D eigenvalue weighted by Gasteiger charge is -2.13. The van der Waals surface area contributed by atoms with Crippen LogP contribution in [0.15, 0.2) is 54.6 Å². The van der Waals surface area contributed by atoms with Crippen LogP contribution in [-0.4, -0.2) is 24.9 Å². The molecule has 122 valence electrons. The molecule has 2 rings (SSSR count). The Morgan fingerprint density at radius 1 is 1.00 bits per heavy atom. The maximum Gasteiger partial charge on any atom is 0.220 e. The maximum atomic E-state index is 12.1. The zero-order chi connectivity index (χ0) is 16.7. The molecular formula is C20H26N2O. The van der Waals surface area contributed by atoms with Crippen LogP contribution in [0.5, 0.6) is 0 Å². The lowest BCUT2D eigenvalue weighted by molar-refractivity contribution is -0.121. The molecule has 0 radical (unpaired) electrons. The lowest BCUT2D eigenvalue weighted by Crippen LogP contribution is -2.24. The number of hydrogen-bond donors (Lipinski definition) is 1. The molecule has 0 aliphatic rings. The van der Waals surface area contributed by atoms with Crippen molar-refractivity contribution in [1.82, 2.24) is 10.2 Å². The van der Waals surface area contributed by atoms with Gasteiger partial charge in [0, 0.05) is 19.5 Å². The van der Waals surface area contributed by atoms with Crippen molar-refractivity contribution in [3.8, 4) is 0 Å². The van der Waals surface area contributed by atoms with E-state index in [4.69, 9.17) is 0 Å². The number of amides is 1. The van der Waals surface area contributed by atoms with Crippen LogP contribution in [0.3, 0.4) is 0 Å². The summed E-state index contributed by atoms with van der Waals surface area (Å²) in [7, 11) is 4.12. The molecular weight excluding hydrogens is 284 g/mol. The van der Waals surface area contributed by atoms with Gasteiger partial charge in [-0.05, 0) is 36.7 Å². The Morgan fingerprint density at radius 2 is 1.61 bits per heavy atom. The topological polar surface area (TPSA) is 32.3 Å². The fourth-order valence-corrected chi connectivity index (χ4v) is 2.58. The fraction of sp³-hybridized carbons (Fsp3) is 0.350. The third-order valence-electron chi connectivity index (χ3n) is 3.87. The summed E-state index contributed by atoms with van der Waals surface area (Å²) >= 11 is 0. The molecule has 0 saturated heterocycles. The molecule has 1 unspecified atom stereocenters. The highest BCUT2D eigenvalue weighted by atomic mass is 16.1. The molecule has 0 heterocycles. The Labute approximate surface area is 139 Å². The molecule has 1 atom stereocenters. The summed E-state index contributed by atoms with van der Waals surface area (Å²) in [4.78, 5) is 14.2. The first-order chi connectivity index (χ1) is 11.0. The first kappa shape index (κ1) is 17.2. The van der Waals surface area contributed by atoms with Crippen molar-refractivity contribution in [2.75, 3.05) is 14.1 Å². The Bertz CT molecular complexity index is 605. The number of hydrogen-bond acceptors (Lipinski definition) is 2. The maximum absolute atomic E-state index is 12.1. The number of rotatable bonds is 7. The minimum Gasteiger partial charge on any atom is -0.352 e. The normalized spacial score (nSPS) is 12.2. The molecule has 23 heavy (non-hydrogen) atoms. The summed E-state index contributed by atoms with van der Waals surface area (Å²) in [6, 6.07) is 18.6. The summed E-state index contributed by atoms with van der Waals surface area (Å²) in [5.74, 6) is 0.331. The molecule has 0 aliphatic heterocycles. The van der Waals surface area contributed by atoms with Crippen molar-refractivity contribution >= 4 is 5.91 Å². The van der Waals surface area contributed by atoms with Crippen LogP contribution >= 0.6 is 0 Å². The molecule has 1 N–H and O–H groups in total. The van der Waals surface area contributed by atoms with Gasteiger partial charge >= 0.3 is 0 Å². The van der Waals surface area contributed by atoms with Gasteiger partial charge in [-0.3, -0.25) is 4.79 Å². The van der Waals surface area contributed by atoms with Gasteiger partial charge in [0.1, 0.15) is 0 Å². The van der Waals surface area contributed by atoms with Crippen molar-refractivity contribution < 1.29 is 4.79 Å². The van der Waals surface area contributed by atoms with Crippen molar-refractivity contribution in [2.45, 2.75) is 32.4 Å². The van der Waals surface area contributed by atoms with Crippen molar-refractivity contribution in [2.24, 2.45) is 0 Å². The van der Waals surface area contributed by atoms with Gasteiger partial charge < -0.3 is 10.2 Å². The van der Waals surface area contributed by atoms with E-state index in [1.54, 1.807) is 0 Å². The zero-order valence-corrected chi connectivity index (χ0v) is 14.3. The first-order valence-corrected chi connectivity index (χ1v) is 8.09. The van der Waals surface area contributed by atoms with Crippen LogP contribution in [0, 0.1) is 0 Å². The lowest BCUT2D eigenvalue weighted by atomic mass is 9.97. The molecule has 0 spiro atoms. The molecule has 0 saturated carbocycles. The van der Waals surface area contributed by atoms with Gasteiger partial charge in [0.05, 0.1) is 0 Å². The quantitative estimate of drug-likeness (QED) is 0.848. The van der Waals surface area contributed by atoms with Gasteiger partial charge in [0.2, 0.25) is 5.91 Å². The fourth-order valence-electron chi connectivity index (χ4n) is 2.58. The standard InChI is InChI=1S/C20H26N2O/c1-16(19-7-5-4-6-8-19)13-20(23)21-14-17-9-11-18(12-10-17)15-22(2)3/h4-12,16H,13-15H2,1-3H3,(H,21,23). The highest BCUT2D eigenvalue weighted by Gasteiger charge is 2.10. The van der Waals surface area contributed by atoms with Crippen LogP contribution in [0.1, 0.15) is 36.0 Å². The van der Waals surface area contributed by atoms with Gasteiger partial charge in [-0.15, -0.1) is 0 Å². The van der Waals surface area contributed by atoms with Crippen LogP contribution < -0.4 is 5.32 Å². The molecule has 3 heteroatoms. The van der Waals surface area contributed by atoms with E-state index < -0.39 is 0 Å². The summed E-state index contributed by atoms with van der Waals surface area (Å²) < 4.78 is 0. The number of carbonyl (C=O) groups is 1. The Hall–Kier alpha value is -2.13. The van der Waals surface area contributed by atoms with Crippen molar-refractivity contribution in [1.29, 1.82) is 0 Å². The van der Waals surface area contributed by atoms with Gasteiger partial charge in [-0.2, -0.15) is 0 Å². The van der Waals surface area contributed by atoms with E-state index >= 15 is 0 Å². The third kappa shape index (κ3) is 5.87. The molecule has 0 aromatic heterocycles. The largest absolute Gasteiger partial charge is 0.352 e. The second kappa shape index (κ2) is 8.49. The van der Waals surface area contributed by atoms with Gasteiger partial charge in [-0.25, -0.2) is 0 Å². The second-order valence-corrected chi connectivity index (χ2v) is 6.35. The molecule has 2 aromatic rings. The number of nitrogens with one attached hydrogen (secondary N) is 1. The van der Waals surface area contributed by atoms with E-state index in [2.05, 4.69) is 67.6 Å². The molecule has 2 aromatic carbocycles. The van der Waals surface area contributed by atoms with Crippen LogP contribution in [0.25, 0.3) is 0 Å². The van der Waals surface area contributed by atoms with Gasteiger partial charge in [-0.1, -0.05) is 61.5 Å². The number of benzene rings is 2. The predicted molar refractivity (Wildman–Crippen MR) is 95.2 cm³/mol. The molecule has 1 amide bonds. The van der Waals surface area contributed by atoms with E-state index in [0.717, 1.165) is 12.1 Å². The number of carbonyl (C=O) groups excluding carboxylic acids is 1. The minimum absolute atomic E-state index is 0.0960. The zero-order valence-electron chi connectivity index (χ0n) is 14.3. The highest BCUT2D eigenvalue weighted by Crippen LogP contribution is 2.18. The van der Waals surface area contributed by atoms with Crippen LogP contribution in [0.4, 0.5) is 0 Å². The Kier molecular flexibility index (Phi) is 6.36. The first-order valence-electron chi connectivity index (χ1n) is 8.09. The van der Waals surface area contributed by atoms with E-state index in [1.165, 1.54) is 11.1 Å². The van der Waals surface area contributed by atoms with Crippen LogP contribution in [0.2, 0.25) is 0 Å². The van der Waals surface area contributed by atoms with E-state index in [9.17, 15) is 4.79 Å². The van der Waals surface area contributed by atoms with Crippen LogP contribution in [-0.2, 0) is 17.9 Å². The molecule has 0 aliphatic carbocycles. The summed E-state index contributed by atoms with van der Waals surface area (Å²) in [6.07, 6.45) is 0.517. The predicted octanol–water partition coefficient (Wildman–Crippen LogP) is 3.56. The SMILES string of the molecule is CC(CC(=O)NCc1ccc(CN(C)C)cc1)c1ccccc1. The average molecular weight is 310 g/mol. The van der Waals surface area contributed by atoms with Crippen molar-refractivity contribution in [3.63, 3.8) is 0 Å². The van der Waals surface area contributed by atoms with E-state index in [0.29, 0.717) is 13.0 Å². The summed E-state index contributed by atoms with van der Waals surface area (Å²) in [6.45, 7) is 3.61. The average Bonchev–Trinajstić information content (AvgIpc) is 2.54. The summed E-state index contributed by atoms with van der Waals surface area (Å²) in [5.41, 5.74) is 3.62. The van der Waals surface area contributed by atoms with Gasteiger partial charge in [0.25, 0.3) is 0 Å². The Morgan fingerprint density at radius 3 is 2.22 bits per heavy atom. The molecule has 0 bridgehead atoms. The molecule has 0 fully saturated rings. The van der Waals surface area contributed by atoms with Crippen molar-refractivity contribution in [3.05, 3.63) is 71.3 Å². The van der Waals surface area contributed by atoms with E-state index in [-0.39, 0.29) is 11.8 Å². The van der Waals surface area contributed by atoms with E-state index in [1.807, 2.05) is 18.2 Å². The highest BCUT2D eigenvalue weighted by molar-refractivity contribution is 5.76. The molecule has 3 nitrogen and oxygen atoms in total. The monoisotopic (exact) mass is 310 g/mol. The minimum atomic E-state index is 0.0960. The summed E-state index contributed by atoms with van der Waals surface area (Å²) in [5, 5.41) is 3.01.